The zero-order chi connectivity index (χ0) is 18.2. The number of hydrogen-bond donors (Lipinski definition) is 2. The third kappa shape index (κ3) is 5.76. The van der Waals surface area contributed by atoms with Crippen LogP contribution in [0.25, 0.3) is 0 Å². The zero-order valence-electron chi connectivity index (χ0n) is 15.6. The van der Waals surface area contributed by atoms with Gasteiger partial charge in [-0.3, -0.25) is 9.69 Å². The fraction of sp³-hybridized carbons (Fsp3) is 0.650. The first-order valence-electron chi connectivity index (χ1n) is 9.91. The molecule has 3 rings (SSSR count). The van der Waals surface area contributed by atoms with E-state index >= 15 is 0 Å². The number of nitrogens with zero attached hydrogens (tertiary/aromatic N) is 2. The minimum Gasteiger partial charge on any atom is -0.355 e. The number of nitrogens with one attached hydrogen (secondary N) is 2. The van der Waals surface area contributed by atoms with Crippen molar-refractivity contribution in [2.75, 3.05) is 45.8 Å². The second-order valence-electron chi connectivity index (χ2n) is 7.34. The van der Waals surface area contributed by atoms with Crippen LogP contribution in [0.5, 0.6) is 0 Å². The van der Waals surface area contributed by atoms with Crippen LogP contribution in [-0.4, -0.2) is 67.6 Å². The van der Waals surface area contributed by atoms with Crippen molar-refractivity contribution in [3.8, 4) is 0 Å². The Morgan fingerprint density at radius 1 is 1.15 bits per heavy atom. The van der Waals surface area contributed by atoms with Crippen LogP contribution >= 0.6 is 0 Å². The standard InChI is InChI=1S/C20H31FN4O/c21-18-7-5-17(6-8-18)16-25-13-2-1-4-19(25)20(26)23-9-3-12-24-14-10-22-11-15-24/h5-8,19,22H,1-4,9-16H2,(H,23,26). The van der Waals surface area contributed by atoms with Crippen LogP contribution in [0.1, 0.15) is 31.2 Å². The molecular weight excluding hydrogens is 331 g/mol. The Morgan fingerprint density at radius 2 is 1.92 bits per heavy atom. The highest BCUT2D eigenvalue weighted by atomic mass is 19.1. The molecule has 2 N–H and O–H groups in total. The van der Waals surface area contributed by atoms with Crippen molar-refractivity contribution < 1.29 is 9.18 Å². The molecule has 2 aliphatic rings. The number of amides is 1. The average Bonchev–Trinajstić information content (AvgIpc) is 2.68. The van der Waals surface area contributed by atoms with E-state index in [1.165, 1.54) is 12.1 Å². The summed E-state index contributed by atoms with van der Waals surface area (Å²) in [4.78, 5) is 17.4. The molecule has 26 heavy (non-hydrogen) atoms. The van der Waals surface area contributed by atoms with E-state index in [-0.39, 0.29) is 17.8 Å². The summed E-state index contributed by atoms with van der Waals surface area (Å²) in [5.41, 5.74) is 1.06. The van der Waals surface area contributed by atoms with E-state index in [4.69, 9.17) is 0 Å². The van der Waals surface area contributed by atoms with Gasteiger partial charge in [0.25, 0.3) is 0 Å². The molecule has 1 atom stereocenters. The first-order chi connectivity index (χ1) is 12.7. The van der Waals surface area contributed by atoms with Crippen molar-refractivity contribution >= 4 is 5.91 Å². The molecule has 1 aromatic rings. The number of halogens is 1. The number of likely N-dealkylation sites (tertiary alicyclic amines) is 1. The summed E-state index contributed by atoms with van der Waals surface area (Å²) in [5, 5.41) is 6.49. The molecule has 0 aromatic heterocycles. The van der Waals surface area contributed by atoms with Crippen LogP contribution in [0.4, 0.5) is 4.39 Å². The average molecular weight is 362 g/mol. The molecule has 0 saturated carbocycles. The molecule has 2 saturated heterocycles. The topological polar surface area (TPSA) is 47.6 Å². The van der Waals surface area contributed by atoms with Crippen LogP contribution in [0.3, 0.4) is 0 Å². The summed E-state index contributed by atoms with van der Waals surface area (Å²) in [5.74, 6) is -0.0710. The maximum absolute atomic E-state index is 13.1. The molecule has 144 valence electrons. The molecule has 1 unspecified atom stereocenters. The predicted molar refractivity (Wildman–Crippen MR) is 101 cm³/mol. The minimum atomic E-state index is -0.217. The maximum atomic E-state index is 13.1. The second kappa shape index (κ2) is 10.00. The molecule has 0 aliphatic carbocycles. The molecule has 6 heteroatoms. The normalized spacial score (nSPS) is 22.3. The van der Waals surface area contributed by atoms with Gasteiger partial charge < -0.3 is 15.5 Å². The zero-order valence-corrected chi connectivity index (χ0v) is 15.6. The summed E-state index contributed by atoms with van der Waals surface area (Å²) in [6.45, 7) is 7.74. The van der Waals surface area contributed by atoms with Crippen LogP contribution in [0.15, 0.2) is 24.3 Å². The Morgan fingerprint density at radius 3 is 2.69 bits per heavy atom. The molecule has 0 radical (unpaired) electrons. The molecule has 0 spiro atoms. The predicted octanol–water partition coefficient (Wildman–Crippen LogP) is 1.59. The lowest BCUT2D eigenvalue weighted by atomic mass is 10.0. The van der Waals surface area contributed by atoms with Gasteiger partial charge in [0.1, 0.15) is 5.82 Å². The van der Waals surface area contributed by atoms with E-state index in [0.717, 1.165) is 77.1 Å². The van der Waals surface area contributed by atoms with Crippen LogP contribution < -0.4 is 10.6 Å². The number of carbonyl (C=O) groups is 1. The molecule has 1 aromatic carbocycles. The van der Waals surface area contributed by atoms with Crippen LogP contribution in [0, 0.1) is 5.82 Å². The van der Waals surface area contributed by atoms with Crippen LogP contribution in [-0.2, 0) is 11.3 Å². The van der Waals surface area contributed by atoms with Gasteiger partial charge in [0.15, 0.2) is 0 Å². The lowest BCUT2D eigenvalue weighted by Crippen LogP contribution is -2.49. The summed E-state index contributed by atoms with van der Waals surface area (Å²) in [7, 11) is 0. The summed E-state index contributed by atoms with van der Waals surface area (Å²) in [6.07, 6.45) is 4.12. The van der Waals surface area contributed by atoms with Gasteiger partial charge in [-0.2, -0.15) is 0 Å². The number of rotatable bonds is 7. The Hall–Kier alpha value is -1.50. The fourth-order valence-electron chi connectivity index (χ4n) is 3.87. The minimum absolute atomic E-state index is 0.0620. The Balaban J connectivity index is 1.43. The third-order valence-corrected chi connectivity index (χ3v) is 5.38. The molecule has 5 nitrogen and oxygen atoms in total. The Labute approximate surface area is 155 Å². The highest BCUT2D eigenvalue weighted by Crippen LogP contribution is 2.20. The lowest BCUT2D eigenvalue weighted by Gasteiger charge is -2.34. The number of piperidine rings is 1. The van der Waals surface area contributed by atoms with Gasteiger partial charge in [-0.15, -0.1) is 0 Å². The molecule has 2 heterocycles. The van der Waals surface area contributed by atoms with Crippen molar-refractivity contribution in [1.29, 1.82) is 0 Å². The SMILES string of the molecule is O=C(NCCCN1CCNCC1)C1CCCCN1Cc1ccc(F)cc1. The molecule has 1 amide bonds. The number of piperazine rings is 1. The van der Waals surface area contributed by atoms with E-state index in [1.54, 1.807) is 0 Å². The largest absolute Gasteiger partial charge is 0.355 e. The first kappa shape index (κ1) is 19.3. The van der Waals surface area contributed by atoms with Crippen molar-refractivity contribution in [2.45, 2.75) is 38.3 Å². The second-order valence-corrected chi connectivity index (χ2v) is 7.34. The fourth-order valence-corrected chi connectivity index (χ4v) is 3.87. The monoisotopic (exact) mass is 362 g/mol. The van der Waals surface area contributed by atoms with Crippen molar-refractivity contribution in [3.63, 3.8) is 0 Å². The van der Waals surface area contributed by atoms with Gasteiger partial charge in [-0.25, -0.2) is 4.39 Å². The van der Waals surface area contributed by atoms with E-state index in [2.05, 4.69) is 20.4 Å². The van der Waals surface area contributed by atoms with Gasteiger partial charge in [-0.05, 0) is 50.0 Å². The van der Waals surface area contributed by atoms with Gasteiger partial charge in [0.05, 0.1) is 6.04 Å². The third-order valence-electron chi connectivity index (χ3n) is 5.38. The number of hydrogen-bond acceptors (Lipinski definition) is 4. The lowest BCUT2D eigenvalue weighted by molar-refractivity contribution is -0.127. The molecule has 2 fully saturated rings. The van der Waals surface area contributed by atoms with Crippen molar-refractivity contribution in [1.82, 2.24) is 20.4 Å². The van der Waals surface area contributed by atoms with E-state index in [0.29, 0.717) is 6.54 Å². The molecule has 2 aliphatic heterocycles. The van der Waals surface area contributed by atoms with E-state index < -0.39 is 0 Å². The summed E-state index contributed by atoms with van der Waals surface area (Å²) < 4.78 is 13.1. The van der Waals surface area contributed by atoms with Crippen molar-refractivity contribution in [2.24, 2.45) is 0 Å². The number of carbonyl (C=O) groups excluding carboxylic acids is 1. The smallest absolute Gasteiger partial charge is 0.237 e. The van der Waals surface area contributed by atoms with Gasteiger partial charge in [0, 0.05) is 39.3 Å². The van der Waals surface area contributed by atoms with Gasteiger partial charge in [0.2, 0.25) is 5.91 Å². The van der Waals surface area contributed by atoms with Crippen molar-refractivity contribution in [3.05, 3.63) is 35.6 Å². The van der Waals surface area contributed by atoms with Crippen LogP contribution in [0.2, 0.25) is 0 Å². The maximum Gasteiger partial charge on any atom is 0.237 e. The quantitative estimate of drug-likeness (QED) is 0.724. The number of benzene rings is 1. The van der Waals surface area contributed by atoms with Gasteiger partial charge in [-0.1, -0.05) is 18.6 Å². The Bertz CT molecular complexity index is 559. The van der Waals surface area contributed by atoms with Gasteiger partial charge >= 0.3 is 0 Å². The summed E-state index contributed by atoms with van der Waals surface area (Å²) >= 11 is 0. The van der Waals surface area contributed by atoms with E-state index in [9.17, 15) is 9.18 Å². The Kier molecular flexibility index (Phi) is 7.41. The highest BCUT2D eigenvalue weighted by molar-refractivity contribution is 5.81. The highest BCUT2D eigenvalue weighted by Gasteiger charge is 2.28. The first-order valence-corrected chi connectivity index (χ1v) is 9.91. The molecular formula is C20H31FN4O. The molecule has 0 bridgehead atoms. The summed E-state index contributed by atoms with van der Waals surface area (Å²) in [6, 6.07) is 6.54. The van der Waals surface area contributed by atoms with E-state index in [1.807, 2.05) is 12.1 Å².